The molecule has 7 aromatic rings. The number of thiocarbonyl (C=S) groups is 2. The average Bonchev–Trinajstić information content (AvgIpc) is 1.59. The van der Waals surface area contributed by atoms with Gasteiger partial charge in [0.2, 0.25) is 9.54 Å². The van der Waals surface area contributed by atoms with Gasteiger partial charge in [0, 0.05) is 70.9 Å². The molecule has 7 fully saturated rings. The number of rotatable bonds is 25. The Morgan fingerprint density at radius 2 is 0.829 bits per heavy atom. The third kappa shape index (κ3) is 22.5. The van der Waals surface area contributed by atoms with E-state index in [4.69, 9.17) is 176 Å². The Balaban J connectivity index is 0.000000182. The number of hydrazine groups is 3. The van der Waals surface area contributed by atoms with Gasteiger partial charge in [-0.25, -0.2) is 15.4 Å². The molecule has 0 spiro atoms. The van der Waals surface area contributed by atoms with Gasteiger partial charge in [0.15, 0.2) is 10.2 Å². The second-order valence-corrected chi connectivity index (χ2v) is 34.3. The average molecular weight is 1720 g/mol. The maximum Gasteiger partial charge on any atom is 0.215 e. The number of halogens is 10. The smallest absolute Gasteiger partial charge is 0.215 e. The Morgan fingerprint density at radius 1 is 0.486 bits per heavy atom. The molecule has 2 saturated heterocycles. The first-order valence-electron chi connectivity index (χ1n) is 33.1. The maximum absolute atomic E-state index is 11.2. The molecule has 0 radical (unpaired) electrons. The summed E-state index contributed by atoms with van der Waals surface area (Å²) < 4.78 is 4.08. The number of hydrogen-bond donors (Lipinski definition) is 14. The molecule has 14 rings (SSSR count). The van der Waals surface area contributed by atoms with Crippen LogP contribution in [-0.2, 0) is 45.2 Å². The van der Waals surface area contributed by atoms with E-state index >= 15 is 0 Å². The van der Waals surface area contributed by atoms with E-state index in [0.29, 0.717) is 110 Å². The quantitative estimate of drug-likeness (QED) is 0.0110. The number of aliphatic hydroxyl groups is 6. The Bertz CT molecular complexity index is 4170. The lowest BCUT2D eigenvalue weighted by Crippen LogP contribution is -2.55. The molecule has 5 unspecified atom stereocenters. The van der Waals surface area contributed by atoms with Crippen LogP contribution in [0.4, 0.5) is 0 Å². The summed E-state index contributed by atoms with van der Waals surface area (Å²) in [6, 6.07) is 37.5. The number of benzene rings is 5. The van der Waals surface area contributed by atoms with Crippen molar-refractivity contribution in [3.05, 3.63) is 196 Å². The second kappa shape index (κ2) is 37.4. The predicted molar refractivity (Wildman–Crippen MR) is 439 cm³/mol. The van der Waals surface area contributed by atoms with E-state index in [1.165, 1.54) is 6.33 Å². The molecule has 0 bridgehead atoms. The van der Waals surface area contributed by atoms with Gasteiger partial charge in [-0.05, 0) is 171 Å². The van der Waals surface area contributed by atoms with Gasteiger partial charge < -0.3 is 41.3 Å². The summed E-state index contributed by atoms with van der Waals surface area (Å²) in [5.41, 5.74) is 7.60. The molecule has 20 nitrogen and oxygen atoms in total. The van der Waals surface area contributed by atoms with E-state index in [9.17, 15) is 25.5 Å². The summed E-state index contributed by atoms with van der Waals surface area (Å²) in [5, 5.41) is 82.2. The number of H-pyrrole nitrogens is 2. The van der Waals surface area contributed by atoms with E-state index in [0.717, 1.165) is 99.1 Å². The largest absolute Gasteiger partial charge is 0.400 e. The van der Waals surface area contributed by atoms with Crippen LogP contribution in [-0.4, -0.2) is 173 Å². The van der Waals surface area contributed by atoms with Crippen LogP contribution in [0.2, 0.25) is 25.1 Å². The van der Waals surface area contributed by atoms with Crippen LogP contribution in [0, 0.1) is 9.54 Å². The number of nitrogens with one attached hydrogen (secondary N) is 7. The highest BCUT2D eigenvalue weighted by Crippen LogP contribution is 2.57. The van der Waals surface area contributed by atoms with Crippen molar-refractivity contribution < 1.29 is 30.6 Å². The minimum atomic E-state index is -1.13. The van der Waals surface area contributed by atoms with Gasteiger partial charge in [-0.2, -0.15) is 5.01 Å². The highest BCUT2D eigenvalue weighted by atomic mass is 35.5. The van der Waals surface area contributed by atoms with Gasteiger partial charge in [-0.1, -0.05) is 164 Å². The Morgan fingerprint density at radius 3 is 1.12 bits per heavy atom. The molecule has 5 saturated carbocycles. The lowest BCUT2D eigenvalue weighted by molar-refractivity contribution is -0.0104. The SMILES string of the molecule is C.C.CO.NNCC(O)(Cc1ccccc1Cl)C1(Cl)CC1.OC(Cc1ccccc1Cl)(CN1CNC(=S)N1)C1(Cl)CC1.OC(Cc1ccccc1Cl)(CN1NCNC1=S)C1(Cl)CC1.OC(Cc1ccccc1Cl)(Cn1[nH]cnc1=S)C1(Cl)CC1.OC(Cc1ccccc1Cl)(Cn1cnc(=S)[nH]1)C1(Cl)CC1. The van der Waals surface area contributed by atoms with Crippen molar-refractivity contribution in [3.63, 3.8) is 0 Å². The number of alkyl halides is 5. The van der Waals surface area contributed by atoms with Gasteiger partial charge in [-0.15, -0.1) is 58.0 Å². The van der Waals surface area contributed by atoms with Gasteiger partial charge in [-0.3, -0.25) is 41.3 Å². The topological polar surface area (TPSA) is 281 Å². The van der Waals surface area contributed by atoms with Crippen molar-refractivity contribution in [1.29, 1.82) is 0 Å². The molecule has 576 valence electrons. The molecule has 34 heteroatoms. The standard InChI is InChI=1S/C14H17Cl2N3OS.C14H15Cl2N3OS.C14H17Cl2N3OS.C14H15Cl2N3OS.C12H16Cl2N2O.CH4O.2CH4/c2*15-11-4-2-1-3-10(11)7-14(20,13(16)5-6-13)8-19-9-17-12(21)18-19;2*15-11-4-2-1-3-10(11)7-14(20,13(16)5-6-13)8-19-12(21)17-9-18-19;13-10-4-2-1-3-9(10)7-12(17,8-16-15)11(14)5-6-11;1-2;;/h1-4,20H,5-9H2,(H2,17,18,21);1-4,9,20H,5-8H2,(H,18,21);1-4,18,20H,5-9H2,(H,17,21);1-4,9,20H,5-8H2,(H,17,18,21);1-4,16-17H,5-8,15H2;2H,1H3;2*1H4. The number of nitrogens with two attached hydrogens (primary N) is 1. The molecule has 5 aromatic carbocycles. The van der Waals surface area contributed by atoms with Crippen LogP contribution in [0.25, 0.3) is 0 Å². The van der Waals surface area contributed by atoms with Crippen molar-refractivity contribution in [3.8, 4) is 0 Å². The normalized spacial score (nSPS) is 20.3. The van der Waals surface area contributed by atoms with E-state index in [1.807, 2.05) is 120 Å². The minimum absolute atomic E-state index is 0. The number of aromatic nitrogens is 6. The zero-order valence-electron chi connectivity index (χ0n) is 56.1. The molecule has 2 aromatic heterocycles. The fourth-order valence-electron chi connectivity index (χ4n) is 12.5. The number of nitrogens with zero attached hydrogens (tertiary/aromatic N) is 6. The van der Waals surface area contributed by atoms with Gasteiger partial charge >= 0.3 is 0 Å². The lowest BCUT2D eigenvalue weighted by atomic mass is 9.88. The fourth-order valence-corrected chi connectivity index (χ4v) is 15.4. The van der Waals surface area contributed by atoms with Crippen LogP contribution in [0.3, 0.4) is 0 Å². The zero-order valence-corrected chi connectivity index (χ0v) is 66.9. The van der Waals surface area contributed by atoms with E-state index in [1.54, 1.807) is 26.8 Å². The molecule has 5 aliphatic carbocycles. The number of aliphatic hydroxyl groups excluding tert-OH is 1. The molecule has 4 heterocycles. The highest BCUT2D eigenvalue weighted by Gasteiger charge is 2.62. The highest BCUT2D eigenvalue weighted by molar-refractivity contribution is 7.80. The van der Waals surface area contributed by atoms with Gasteiger partial charge in [0.1, 0.15) is 40.7 Å². The fraction of sp³-hybridized carbons (Fsp3) is 0.493. The van der Waals surface area contributed by atoms with Gasteiger partial charge in [0.05, 0.1) is 63.9 Å². The molecular formula is C71H92Cl10N14O6S4. The summed E-state index contributed by atoms with van der Waals surface area (Å²) in [6.07, 6.45) is 13.0. The monoisotopic (exact) mass is 1710 g/mol. The van der Waals surface area contributed by atoms with Crippen LogP contribution in [0.1, 0.15) is 107 Å². The van der Waals surface area contributed by atoms with E-state index in [-0.39, 0.29) is 27.9 Å². The van der Waals surface area contributed by atoms with Crippen molar-refractivity contribution in [2.75, 3.05) is 40.1 Å². The Hall–Kier alpha value is -3.30. The van der Waals surface area contributed by atoms with Crippen molar-refractivity contribution >= 4 is 175 Å². The molecule has 0 amide bonds. The summed E-state index contributed by atoms with van der Waals surface area (Å²) >= 11 is 83.9. The van der Waals surface area contributed by atoms with Crippen LogP contribution in [0.15, 0.2) is 134 Å². The summed E-state index contributed by atoms with van der Waals surface area (Å²) in [7, 11) is 1.00. The third-order valence-corrected chi connectivity index (χ3v) is 26.2. The number of aromatic amines is 2. The minimum Gasteiger partial charge on any atom is -0.400 e. The molecule has 105 heavy (non-hydrogen) atoms. The van der Waals surface area contributed by atoms with Crippen molar-refractivity contribution in [2.45, 2.75) is 177 Å². The summed E-state index contributed by atoms with van der Waals surface area (Å²) in [5.74, 6) is 5.33. The van der Waals surface area contributed by atoms with E-state index < -0.39 is 52.4 Å². The maximum atomic E-state index is 11.2. The zero-order chi connectivity index (χ0) is 74.9. The second-order valence-electron chi connectivity index (χ2n) is 27.1. The Kier molecular flexibility index (Phi) is 31.6. The van der Waals surface area contributed by atoms with Gasteiger partial charge in [0.25, 0.3) is 0 Å². The molecule has 2 aliphatic heterocycles. The molecule has 7 aliphatic rings. The van der Waals surface area contributed by atoms with Crippen LogP contribution >= 0.6 is 165 Å². The lowest BCUT2D eigenvalue weighted by Gasteiger charge is -2.36. The van der Waals surface area contributed by atoms with Crippen LogP contribution < -0.4 is 32.8 Å². The third-order valence-electron chi connectivity index (χ3n) is 19.6. The first-order chi connectivity index (χ1) is 48.7. The van der Waals surface area contributed by atoms with Crippen molar-refractivity contribution in [1.82, 2.24) is 66.5 Å². The summed E-state index contributed by atoms with van der Waals surface area (Å²) in [6.45, 7) is 2.64. The molecular weight excluding hydrogens is 1630 g/mol. The first kappa shape index (κ1) is 88.9. The molecule has 15 N–H and O–H groups in total. The predicted octanol–water partition coefficient (Wildman–Crippen LogP) is 13.5. The van der Waals surface area contributed by atoms with Crippen LogP contribution in [0.5, 0.6) is 0 Å². The van der Waals surface area contributed by atoms with Crippen molar-refractivity contribution in [2.24, 2.45) is 5.84 Å². The summed E-state index contributed by atoms with van der Waals surface area (Å²) in [4.78, 5) is 4.93. The Labute approximate surface area is 685 Å². The first-order valence-corrected chi connectivity index (χ1v) is 38.5. The molecule has 5 atom stereocenters. The number of hydrogen-bond acceptors (Lipinski definition) is 16. The van der Waals surface area contributed by atoms with E-state index in [2.05, 4.69) is 47.1 Å². The number of β-amino-alcohol motifs (C(OH)–C–C–N with tert-alkyl or cyclic N) is 2.